The topological polar surface area (TPSA) is 43.4 Å². The van der Waals surface area contributed by atoms with Gasteiger partial charge in [0, 0.05) is 34.4 Å². The molecule has 1 aromatic carbocycles. The van der Waals surface area contributed by atoms with Gasteiger partial charge in [0.2, 0.25) is 0 Å². The Balaban J connectivity index is 2.00. The SMILES string of the molecule is CCOc1ccc(C)cc1C1=CC(C=O)[C@H](C2=CC(Cl)=CCC2)CC1=O. The highest BCUT2D eigenvalue weighted by Gasteiger charge is 2.33. The fourth-order valence-electron chi connectivity index (χ4n) is 3.71. The van der Waals surface area contributed by atoms with Crippen molar-refractivity contribution in [3.8, 4) is 5.75 Å². The Morgan fingerprint density at radius 1 is 1.35 bits per heavy atom. The van der Waals surface area contributed by atoms with E-state index in [4.69, 9.17) is 16.3 Å². The van der Waals surface area contributed by atoms with Crippen LogP contribution in [0.15, 0.2) is 47.0 Å². The van der Waals surface area contributed by atoms with Crippen LogP contribution in [-0.2, 0) is 9.59 Å². The van der Waals surface area contributed by atoms with E-state index in [1.54, 1.807) is 0 Å². The van der Waals surface area contributed by atoms with E-state index in [1.807, 2.05) is 50.3 Å². The molecule has 26 heavy (non-hydrogen) atoms. The zero-order valence-electron chi connectivity index (χ0n) is 15.1. The lowest BCUT2D eigenvalue weighted by molar-refractivity contribution is -0.116. The third-order valence-corrected chi connectivity index (χ3v) is 5.25. The number of Topliss-reactive ketones (excluding diaryl/α,β-unsaturated/α-hetero) is 1. The van der Waals surface area contributed by atoms with Crippen molar-refractivity contribution in [3.05, 3.63) is 58.2 Å². The number of rotatable bonds is 5. The number of hydrogen-bond acceptors (Lipinski definition) is 3. The van der Waals surface area contributed by atoms with Gasteiger partial charge in [0.25, 0.3) is 0 Å². The zero-order chi connectivity index (χ0) is 18.7. The molecule has 0 radical (unpaired) electrons. The maximum absolute atomic E-state index is 12.9. The molecule has 0 amide bonds. The van der Waals surface area contributed by atoms with E-state index in [1.165, 1.54) is 0 Å². The predicted molar refractivity (Wildman–Crippen MR) is 104 cm³/mol. The normalized spacial score (nSPS) is 23.0. The van der Waals surface area contributed by atoms with Gasteiger partial charge in [-0.2, -0.15) is 0 Å². The van der Waals surface area contributed by atoms with Crippen molar-refractivity contribution in [1.29, 1.82) is 0 Å². The number of aryl methyl sites for hydroxylation is 1. The van der Waals surface area contributed by atoms with Gasteiger partial charge in [-0.05, 0) is 44.9 Å². The van der Waals surface area contributed by atoms with Crippen molar-refractivity contribution in [2.75, 3.05) is 6.61 Å². The Bertz CT molecular complexity index is 817. The van der Waals surface area contributed by atoms with E-state index in [2.05, 4.69) is 0 Å². The van der Waals surface area contributed by atoms with Gasteiger partial charge >= 0.3 is 0 Å². The molecule has 0 saturated heterocycles. The monoisotopic (exact) mass is 370 g/mol. The maximum Gasteiger partial charge on any atom is 0.163 e. The third-order valence-electron chi connectivity index (χ3n) is 4.98. The number of hydrogen-bond donors (Lipinski definition) is 0. The molecule has 136 valence electrons. The van der Waals surface area contributed by atoms with Crippen molar-refractivity contribution in [2.45, 2.75) is 33.1 Å². The molecule has 0 saturated carbocycles. The number of benzene rings is 1. The second-order valence-corrected chi connectivity index (χ2v) is 7.24. The maximum atomic E-state index is 12.9. The molecule has 2 aliphatic rings. The lowest BCUT2D eigenvalue weighted by Crippen LogP contribution is -2.27. The van der Waals surface area contributed by atoms with Gasteiger partial charge in [-0.25, -0.2) is 0 Å². The molecule has 3 nitrogen and oxygen atoms in total. The van der Waals surface area contributed by atoms with Gasteiger partial charge in [0.05, 0.1) is 6.61 Å². The number of ketones is 1. The highest BCUT2D eigenvalue weighted by Crippen LogP contribution is 2.40. The van der Waals surface area contributed by atoms with Crippen molar-refractivity contribution in [1.82, 2.24) is 0 Å². The van der Waals surface area contributed by atoms with Gasteiger partial charge in [-0.15, -0.1) is 0 Å². The van der Waals surface area contributed by atoms with E-state index in [0.717, 1.165) is 35.8 Å². The summed E-state index contributed by atoms with van der Waals surface area (Å²) in [4.78, 5) is 24.7. The van der Waals surface area contributed by atoms with E-state index in [-0.39, 0.29) is 17.6 Å². The van der Waals surface area contributed by atoms with E-state index >= 15 is 0 Å². The molecule has 3 rings (SSSR count). The molecule has 0 heterocycles. The molecule has 4 heteroatoms. The molecule has 0 aliphatic heterocycles. The summed E-state index contributed by atoms with van der Waals surface area (Å²) in [5.74, 6) is 0.299. The van der Waals surface area contributed by atoms with Crippen molar-refractivity contribution in [3.63, 3.8) is 0 Å². The van der Waals surface area contributed by atoms with Crippen LogP contribution < -0.4 is 4.74 Å². The Hall–Kier alpha value is -2.13. The summed E-state index contributed by atoms with van der Waals surface area (Å²) in [6.45, 7) is 4.42. The quantitative estimate of drug-likeness (QED) is 0.683. The van der Waals surface area contributed by atoms with Gasteiger partial charge in [-0.1, -0.05) is 41.0 Å². The summed E-state index contributed by atoms with van der Waals surface area (Å²) in [5, 5.41) is 0.690. The van der Waals surface area contributed by atoms with Crippen LogP contribution in [0.5, 0.6) is 5.75 Å². The number of carbonyl (C=O) groups is 2. The highest BCUT2D eigenvalue weighted by atomic mass is 35.5. The summed E-state index contributed by atoms with van der Waals surface area (Å²) < 4.78 is 5.70. The molecule has 0 aromatic heterocycles. The van der Waals surface area contributed by atoms with Gasteiger partial charge in [0.1, 0.15) is 12.0 Å². The summed E-state index contributed by atoms with van der Waals surface area (Å²) in [7, 11) is 0. The van der Waals surface area contributed by atoms with Crippen molar-refractivity contribution < 1.29 is 14.3 Å². The predicted octanol–water partition coefficient (Wildman–Crippen LogP) is 5.02. The minimum Gasteiger partial charge on any atom is -0.493 e. The number of ether oxygens (including phenoxy) is 1. The van der Waals surface area contributed by atoms with Crippen molar-refractivity contribution >= 4 is 29.2 Å². The molecule has 0 N–H and O–H groups in total. The van der Waals surface area contributed by atoms with E-state index in [0.29, 0.717) is 29.4 Å². The molecular weight excluding hydrogens is 348 g/mol. The van der Waals surface area contributed by atoms with Crippen LogP contribution in [0.25, 0.3) is 5.57 Å². The lowest BCUT2D eigenvalue weighted by Gasteiger charge is -2.30. The average molecular weight is 371 g/mol. The van der Waals surface area contributed by atoms with Crippen molar-refractivity contribution in [2.24, 2.45) is 11.8 Å². The van der Waals surface area contributed by atoms with Crippen LogP contribution >= 0.6 is 11.6 Å². The minimum absolute atomic E-state index is 0.0474. The lowest BCUT2D eigenvalue weighted by atomic mass is 9.73. The largest absolute Gasteiger partial charge is 0.493 e. The molecule has 1 unspecified atom stereocenters. The summed E-state index contributed by atoms with van der Waals surface area (Å²) >= 11 is 6.13. The first-order valence-corrected chi connectivity index (χ1v) is 9.41. The van der Waals surface area contributed by atoms with Crippen LogP contribution in [0.2, 0.25) is 0 Å². The fourth-order valence-corrected chi connectivity index (χ4v) is 3.96. The number of halogens is 1. The standard InChI is InChI=1S/C22H23ClO3/c1-3-26-22-8-7-14(2)9-20(22)19-11-16(13-24)18(12-21(19)25)15-5-4-6-17(23)10-15/h6-11,13,16,18H,3-5,12H2,1-2H3/t16?,18-/m0/s1. The van der Waals surface area contributed by atoms with Gasteiger partial charge < -0.3 is 9.53 Å². The second-order valence-electron chi connectivity index (χ2n) is 6.81. The van der Waals surface area contributed by atoms with Crippen LogP contribution in [-0.4, -0.2) is 18.7 Å². The minimum atomic E-state index is -0.327. The van der Waals surface area contributed by atoms with E-state index in [9.17, 15) is 9.59 Å². The highest BCUT2D eigenvalue weighted by molar-refractivity contribution is 6.31. The Morgan fingerprint density at radius 2 is 2.15 bits per heavy atom. The van der Waals surface area contributed by atoms with E-state index < -0.39 is 0 Å². The molecule has 0 fully saturated rings. The first-order chi connectivity index (χ1) is 12.5. The molecule has 0 bridgehead atoms. The number of allylic oxidation sites excluding steroid dienone is 6. The molecule has 0 spiro atoms. The van der Waals surface area contributed by atoms with Crippen LogP contribution in [0.3, 0.4) is 0 Å². The smallest absolute Gasteiger partial charge is 0.163 e. The summed E-state index contributed by atoms with van der Waals surface area (Å²) in [6.07, 6.45) is 8.66. The molecule has 2 aliphatic carbocycles. The first kappa shape index (κ1) is 18.7. The molecule has 1 aromatic rings. The van der Waals surface area contributed by atoms with Gasteiger partial charge in [0.15, 0.2) is 5.78 Å². The Morgan fingerprint density at radius 3 is 2.85 bits per heavy atom. The fraction of sp³-hybridized carbons (Fsp3) is 0.364. The second kappa shape index (κ2) is 8.05. The molecule has 2 atom stereocenters. The first-order valence-electron chi connectivity index (χ1n) is 9.03. The van der Waals surface area contributed by atoms with Crippen LogP contribution in [0, 0.1) is 18.8 Å². The molecular formula is C22H23ClO3. The third kappa shape index (κ3) is 3.83. The Kier molecular flexibility index (Phi) is 5.77. The van der Waals surface area contributed by atoms with Crippen LogP contribution in [0.4, 0.5) is 0 Å². The number of carbonyl (C=O) groups excluding carboxylic acids is 2. The summed E-state index contributed by atoms with van der Waals surface area (Å²) in [5.41, 5.74) is 3.50. The number of aldehydes is 1. The summed E-state index contributed by atoms with van der Waals surface area (Å²) in [6, 6.07) is 5.80. The zero-order valence-corrected chi connectivity index (χ0v) is 15.9. The van der Waals surface area contributed by atoms with Crippen LogP contribution in [0.1, 0.15) is 37.3 Å². The van der Waals surface area contributed by atoms with Gasteiger partial charge in [-0.3, -0.25) is 4.79 Å². The average Bonchev–Trinajstić information content (AvgIpc) is 2.63. The Labute approximate surface area is 159 Å².